The van der Waals surface area contributed by atoms with Crippen LogP contribution in [0.4, 0.5) is 5.69 Å². The molecule has 0 saturated carbocycles. The molecule has 2 rings (SSSR count). The minimum Gasteiger partial charge on any atom is -0.320 e. The van der Waals surface area contributed by atoms with Crippen molar-refractivity contribution in [2.24, 2.45) is 0 Å². The van der Waals surface area contributed by atoms with E-state index in [2.05, 4.69) is 10.3 Å². The second kappa shape index (κ2) is 5.78. The van der Waals surface area contributed by atoms with Gasteiger partial charge in [0.15, 0.2) is 0 Å². The molecule has 98 valence electrons. The lowest BCUT2D eigenvalue weighted by Gasteiger charge is -2.09. The third-order valence-electron chi connectivity index (χ3n) is 2.50. The van der Waals surface area contributed by atoms with Gasteiger partial charge in [-0.25, -0.2) is 4.98 Å². The number of benzene rings is 1. The Hall–Kier alpha value is -1.29. The van der Waals surface area contributed by atoms with Gasteiger partial charge >= 0.3 is 0 Å². The van der Waals surface area contributed by atoms with Crippen LogP contribution in [0.1, 0.15) is 15.9 Å². The van der Waals surface area contributed by atoms with E-state index in [9.17, 15) is 4.79 Å². The maximum absolute atomic E-state index is 12.0. The highest BCUT2D eigenvalue weighted by atomic mass is 35.5. The molecule has 1 heterocycles. The van der Waals surface area contributed by atoms with Crippen molar-refractivity contribution < 1.29 is 4.79 Å². The largest absolute Gasteiger partial charge is 0.320 e. The Balaban J connectivity index is 2.30. The van der Waals surface area contributed by atoms with Crippen LogP contribution >= 0.6 is 34.8 Å². The highest BCUT2D eigenvalue weighted by molar-refractivity contribution is 6.37. The number of aromatic nitrogens is 1. The molecular weight excluding hydrogens is 307 g/mol. The van der Waals surface area contributed by atoms with Crippen LogP contribution in [0.2, 0.25) is 15.2 Å². The topological polar surface area (TPSA) is 42.0 Å². The first-order valence-electron chi connectivity index (χ1n) is 5.36. The van der Waals surface area contributed by atoms with Gasteiger partial charge in [-0.2, -0.15) is 0 Å². The first-order chi connectivity index (χ1) is 8.99. The molecule has 0 aliphatic carbocycles. The van der Waals surface area contributed by atoms with Crippen molar-refractivity contribution in [2.45, 2.75) is 6.92 Å². The quantitative estimate of drug-likeness (QED) is 0.823. The number of nitrogens with one attached hydrogen (secondary N) is 1. The van der Waals surface area contributed by atoms with Gasteiger partial charge in [0.25, 0.3) is 5.91 Å². The van der Waals surface area contributed by atoms with Gasteiger partial charge in [0, 0.05) is 11.2 Å². The summed E-state index contributed by atoms with van der Waals surface area (Å²) in [6.45, 7) is 1.83. The molecule has 1 aromatic heterocycles. The van der Waals surface area contributed by atoms with Crippen LogP contribution in [-0.4, -0.2) is 10.9 Å². The van der Waals surface area contributed by atoms with Gasteiger partial charge in [0.1, 0.15) is 5.15 Å². The predicted octanol–water partition coefficient (Wildman–Crippen LogP) is 4.60. The molecule has 0 bridgehead atoms. The second-order valence-electron chi connectivity index (χ2n) is 3.88. The van der Waals surface area contributed by atoms with Crippen molar-refractivity contribution in [3.05, 3.63) is 56.8 Å². The van der Waals surface area contributed by atoms with Gasteiger partial charge < -0.3 is 5.32 Å². The van der Waals surface area contributed by atoms with E-state index in [1.165, 1.54) is 6.20 Å². The number of carbonyl (C=O) groups is 1. The van der Waals surface area contributed by atoms with Gasteiger partial charge in [-0.15, -0.1) is 0 Å². The molecule has 0 aliphatic heterocycles. The van der Waals surface area contributed by atoms with Crippen LogP contribution in [-0.2, 0) is 0 Å². The van der Waals surface area contributed by atoms with Crippen molar-refractivity contribution in [3.63, 3.8) is 0 Å². The van der Waals surface area contributed by atoms with Crippen LogP contribution in [0.25, 0.3) is 0 Å². The highest BCUT2D eigenvalue weighted by Crippen LogP contribution is 2.29. The summed E-state index contributed by atoms with van der Waals surface area (Å²) in [6.07, 6.45) is 1.51. The number of pyridine rings is 1. The molecule has 0 aliphatic rings. The Labute approximate surface area is 125 Å². The van der Waals surface area contributed by atoms with Gasteiger partial charge in [-0.1, -0.05) is 34.8 Å². The van der Waals surface area contributed by atoms with E-state index >= 15 is 0 Å². The highest BCUT2D eigenvalue weighted by Gasteiger charge is 2.13. The third kappa shape index (κ3) is 3.18. The molecule has 1 aromatic carbocycles. The summed E-state index contributed by atoms with van der Waals surface area (Å²) in [7, 11) is 0. The zero-order valence-electron chi connectivity index (χ0n) is 9.88. The molecule has 2 aromatic rings. The smallest absolute Gasteiger partial charge is 0.258 e. The summed E-state index contributed by atoms with van der Waals surface area (Å²) in [5.41, 5.74) is 1.54. The van der Waals surface area contributed by atoms with Gasteiger partial charge in [-0.3, -0.25) is 4.79 Å². The number of hydrogen-bond donors (Lipinski definition) is 1. The summed E-state index contributed by atoms with van der Waals surface area (Å²) < 4.78 is 0. The van der Waals surface area contributed by atoms with Crippen LogP contribution in [0.15, 0.2) is 30.5 Å². The lowest BCUT2D eigenvalue weighted by Crippen LogP contribution is -2.13. The Kier molecular flexibility index (Phi) is 4.30. The molecule has 0 atom stereocenters. The molecule has 0 radical (unpaired) electrons. The maximum atomic E-state index is 12.0. The molecular formula is C13H9Cl3N2O. The summed E-state index contributed by atoms with van der Waals surface area (Å²) >= 11 is 17.9. The minimum absolute atomic E-state index is 0.134. The van der Waals surface area contributed by atoms with E-state index in [4.69, 9.17) is 34.8 Å². The molecule has 6 heteroatoms. The number of rotatable bonds is 2. The van der Waals surface area contributed by atoms with Crippen molar-refractivity contribution in [3.8, 4) is 0 Å². The van der Waals surface area contributed by atoms with Crippen LogP contribution in [0.3, 0.4) is 0 Å². The molecule has 0 unspecified atom stereocenters. The first-order valence-corrected chi connectivity index (χ1v) is 6.50. The van der Waals surface area contributed by atoms with E-state index in [0.717, 1.165) is 5.56 Å². The van der Waals surface area contributed by atoms with E-state index in [-0.39, 0.29) is 16.6 Å². The first kappa shape index (κ1) is 14.1. The molecule has 0 spiro atoms. The molecule has 1 amide bonds. The van der Waals surface area contributed by atoms with Crippen molar-refractivity contribution in [1.29, 1.82) is 0 Å². The molecule has 0 fully saturated rings. The number of aryl methyl sites for hydroxylation is 1. The van der Waals surface area contributed by atoms with E-state index in [0.29, 0.717) is 15.7 Å². The average molecular weight is 316 g/mol. The zero-order chi connectivity index (χ0) is 14.0. The Morgan fingerprint density at radius 3 is 2.63 bits per heavy atom. The summed E-state index contributed by atoms with van der Waals surface area (Å²) in [5, 5.41) is 3.73. The van der Waals surface area contributed by atoms with Crippen LogP contribution in [0.5, 0.6) is 0 Å². The Morgan fingerprint density at radius 1 is 1.21 bits per heavy atom. The third-order valence-corrected chi connectivity index (χ3v) is 3.52. The second-order valence-corrected chi connectivity index (χ2v) is 5.05. The predicted molar refractivity (Wildman–Crippen MR) is 78.4 cm³/mol. The van der Waals surface area contributed by atoms with Gasteiger partial charge in [-0.05, 0) is 36.8 Å². The van der Waals surface area contributed by atoms with Crippen molar-refractivity contribution in [1.82, 2.24) is 4.98 Å². The summed E-state index contributed by atoms with van der Waals surface area (Å²) in [6, 6.07) is 6.49. The number of halogens is 3. The molecule has 3 nitrogen and oxygen atoms in total. The number of anilines is 1. The Morgan fingerprint density at radius 2 is 1.95 bits per heavy atom. The normalized spacial score (nSPS) is 10.3. The van der Waals surface area contributed by atoms with Gasteiger partial charge in [0.2, 0.25) is 0 Å². The number of carbonyl (C=O) groups excluding carboxylic acids is 1. The lowest BCUT2D eigenvalue weighted by atomic mass is 10.2. The SMILES string of the molecule is Cc1cc(Cl)c(NC(=O)c2cccnc2Cl)cc1Cl. The fourth-order valence-corrected chi connectivity index (χ4v) is 2.12. The summed E-state index contributed by atoms with van der Waals surface area (Å²) in [5.74, 6) is -0.389. The molecule has 0 saturated heterocycles. The molecule has 19 heavy (non-hydrogen) atoms. The number of nitrogens with zero attached hydrogens (tertiary/aromatic N) is 1. The van der Waals surface area contributed by atoms with Crippen LogP contribution < -0.4 is 5.32 Å². The van der Waals surface area contributed by atoms with Gasteiger partial charge in [0.05, 0.1) is 16.3 Å². The van der Waals surface area contributed by atoms with Crippen LogP contribution in [0, 0.1) is 6.92 Å². The summed E-state index contributed by atoms with van der Waals surface area (Å²) in [4.78, 5) is 15.9. The lowest BCUT2D eigenvalue weighted by molar-refractivity contribution is 0.102. The fraction of sp³-hybridized carbons (Fsp3) is 0.0769. The van der Waals surface area contributed by atoms with E-state index < -0.39 is 0 Å². The zero-order valence-corrected chi connectivity index (χ0v) is 12.1. The van der Waals surface area contributed by atoms with E-state index in [1.807, 2.05) is 6.92 Å². The van der Waals surface area contributed by atoms with Crippen molar-refractivity contribution >= 4 is 46.4 Å². The van der Waals surface area contributed by atoms with Crippen molar-refractivity contribution in [2.75, 3.05) is 5.32 Å². The monoisotopic (exact) mass is 314 g/mol. The number of amides is 1. The average Bonchev–Trinajstić information content (AvgIpc) is 2.36. The van der Waals surface area contributed by atoms with E-state index in [1.54, 1.807) is 24.3 Å². The number of hydrogen-bond acceptors (Lipinski definition) is 2. The maximum Gasteiger partial charge on any atom is 0.258 e. The minimum atomic E-state index is -0.389. The fourth-order valence-electron chi connectivity index (χ4n) is 1.49. The standard InChI is InChI=1S/C13H9Cl3N2O/c1-7-5-10(15)11(6-9(7)14)18-13(19)8-3-2-4-17-12(8)16/h2-6H,1H3,(H,18,19). The molecule has 1 N–H and O–H groups in total. The Bertz CT molecular complexity index is 644.